The number of nitrogens with zero attached hydrogens (tertiary/aromatic N) is 1. The van der Waals surface area contributed by atoms with Crippen LogP contribution in [0, 0.1) is 0 Å². The molecule has 0 aromatic carbocycles. The minimum atomic E-state index is 0.685. The molecule has 3 heterocycles. The van der Waals surface area contributed by atoms with Crippen LogP contribution >= 0.6 is 0 Å². The highest BCUT2D eigenvalue weighted by Crippen LogP contribution is 2.18. The van der Waals surface area contributed by atoms with E-state index in [4.69, 9.17) is 4.42 Å². The van der Waals surface area contributed by atoms with Crippen LogP contribution in [0.3, 0.4) is 0 Å². The molecule has 3 nitrogen and oxygen atoms in total. The average Bonchev–Trinajstić information content (AvgIpc) is 2.64. The molecule has 0 amide bonds. The summed E-state index contributed by atoms with van der Waals surface area (Å²) in [6.07, 6.45) is 3.52. The number of aromatic nitrogens is 2. The van der Waals surface area contributed by atoms with E-state index in [2.05, 4.69) is 16.0 Å². The second-order valence-electron chi connectivity index (χ2n) is 2.72. The summed E-state index contributed by atoms with van der Waals surface area (Å²) < 4.78 is 5.16. The molecule has 3 rings (SSSR count). The van der Waals surface area contributed by atoms with Gasteiger partial charge in [-0.25, -0.2) is 0 Å². The van der Waals surface area contributed by atoms with E-state index in [-0.39, 0.29) is 0 Å². The number of hydrogen-bond acceptors (Lipinski definition) is 2. The number of furan rings is 1. The molecule has 0 atom stereocenters. The van der Waals surface area contributed by atoms with Crippen LogP contribution in [-0.2, 0) is 0 Å². The third kappa shape index (κ3) is 0.625. The van der Waals surface area contributed by atoms with Gasteiger partial charge in [0.25, 0.3) is 0 Å². The average molecular weight is 158 g/mol. The monoisotopic (exact) mass is 158 g/mol. The number of hydrogen-bond donors (Lipinski definition) is 1. The summed E-state index contributed by atoms with van der Waals surface area (Å²) in [5.74, 6) is 0. The van der Waals surface area contributed by atoms with Crippen molar-refractivity contribution in [1.29, 1.82) is 0 Å². The standard InChI is InChI=1S/C9H6N2O/c1-3-10-8-6(1)5-7-2-4-12-9(7)11-8/h1-5H,(H,10,11). The summed E-state index contributed by atoms with van der Waals surface area (Å²) in [6, 6.07) is 5.96. The van der Waals surface area contributed by atoms with Gasteiger partial charge >= 0.3 is 0 Å². The Labute approximate surface area is 68.0 Å². The van der Waals surface area contributed by atoms with Gasteiger partial charge in [0.2, 0.25) is 5.71 Å². The smallest absolute Gasteiger partial charge is 0.227 e. The molecule has 0 bridgehead atoms. The maximum atomic E-state index is 5.16. The van der Waals surface area contributed by atoms with Crippen LogP contribution in [0.15, 0.2) is 35.1 Å². The molecule has 0 fully saturated rings. The second kappa shape index (κ2) is 1.88. The molecule has 58 valence electrons. The van der Waals surface area contributed by atoms with Crippen LogP contribution in [0.4, 0.5) is 0 Å². The lowest BCUT2D eigenvalue weighted by Crippen LogP contribution is -1.75. The molecule has 0 saturated heterocycles. The maximum Gasteiger partial charge on any atom is 0.227 e. The zero-order valence-corrected chi connectivity index (χ0v) is 6.24. The summed E-state index contributed by atoms with van der Waals surface area (Å²) >= 11 is 0. The zero-order valence-electron chi connectivity index (χ0n) is 6.24. The van der Waals surface area contributed by atoms with Gasteiger partial charge in [-0.3, -0.25) is 0 Å². The quantitative estimate of drug-likeness (QED) is 0.545. The summed E-state index contributed by atoms with van der Waals surface area (Å²) in [5, 5.41) is 2.16. The fourth-order valence-electron chi connectivity index (χ4n) is 1.37. The Morgan fingerprint density at radius 1 is 1.25 bits per heavy atom. The first kappa shape index (κ1) is 5.83. The third-order valence-corrected chi connectivity index (χ3v) is 1.95. The Morgan fingerprint density at radius 3 is 3.25 bits per heavy atom. The number of aromatic amines is 1. The number of pyridine rings is 1. The lowest BCUT2D eigenvalue weighted by Gasteiger charge is -1.88. The lowest BCUT2D eigenvalue weighted by atomic mass is 10.3. The van der Waals surface area contributed by atoms with Crippen molar-refractivity contribution in [3.8, 4) is 0 Å². The number of nitrogens with one attached hydrogen (secondary N) is 1. The van der Waals surface area contributed by atoms with Crippen LogP contribution in [0.2, 0.25) is 0 Å². The topological polar surface area (TPSA) is 41.8 Å². The molecular formula is C9H6N2O. The molecule has 0 aliphatic carbocycles. The first-order valence-corrected chi connectivity index (χ1v) is 3.75. The van der Waals surface area contributed by atoms with Gasteiger partial charge in [0.15, 0.2) is 0 Å². The van der Waals surface area contributed by atoms with Crippen LogP contribution in [0.25, 0.3) is 22.1 Å². The molecule has 12 heavy (non-hydrogen) atoms. The molecule has 0 saturated carbocycles. The van der Waals surface area contributed by atoms with Gasteiger partial charge in [-0.1, -0.05) is 0 Å². The lowest BCUT2D eigenvalue weighted by molar-refractivity contribution is 0.604. The molecule has 1 N–H and O–H groups in total. The Morgan fingerprint density at radius 2 is 2.25 bits per heavy atom. The van der Waals surface area contributed by atoms with E-state index < -0.39 is 0 Å². The van der Waals surface area contributed by atoms with Crippen LogP contribution in [0.5, 0.6) is 0 Å². The van der Waals surface area contributed by atoms with E-state index in [9.17, 15) is 0 Å². The van der Waals surface area contributed by atoms with Crippen LogP contribution in [0.1, 0.15) is 0 Å². The van der Waals surface area contributed by atoms with Crippen molar-refractivity contribution in [2.75, 3.05) is 0 Å². The Kier molecular flexibility index (Phi) is 0.913. The first-order valence-electron chi connectivity index (χ1n) is 3.75. The Hall–Kier alpha value is -1.77. The maximum absolute atomic E-state index is 5.16. The van der Waals surface area contributed by atoms with Crippen LogP contribution in [-0.4, -0.2) is 9.97 Å². The molecule has 3 aromatic heterocycles. The van der Waals surface area contributed by atoms with Crippen molar-refractivity contribution in [3.05, 3.63) is 30.7 Å². The predicted molar refractivity (Wildman–Crippen MR) is 45.9 cm³/mol. The second-order valence-corrected chi connectivity index (χ2v) is 2.72. The van der Waals surface area contributed by atoms with Crippen LogP contribution < -0.4 is 0 Å². The van der Waals surface area contributed by atoms with E-state index in [0.717, 1.165) is 16.4 Å². The summed E-state index contributed by atoms with van der Waals surface area (Å²) in [4.78, 5) is 7.31. The normalized spacial score (nSPS) is 11.3. The van der Waals surface area contributed by atoms with Gasteiger partial charge in [0, 0.05) is 17.0 Å². The first-order chi connectivity index (χ1) is 5.93. The molecule has 0 aliphatic rings. The largest absolute Gasteiger partial charge is 0.446 e. The van der Waals surface area contributed by atoms with Crippen molar-refractivity contribution >= 4 is 22.1 Å². The fraction of sp³-hybridized carbons (Fsp3) is 0. The van der Waals surface area contributed by atoms with Gasteiger partial charge in [-0.05, 0) is 18.2 Å². The zero-order chi connectivity index (χ0) is 7.97. The van der Waals surface area contributed by atoms with Gasteiger partial charge in [-0.15, -0.1) is 0 Å². The summed E-state index contributed by atoms with van der Waals surface area (Å²) in [5.41, 5.74) is 1.56. The predicted octanol–water partition coefficient (Wildman–Crippen LogP) is 2.31. The fourth-order valence-corrected chi connectivity index (χ4v) is 1.37. The molecule has 0 aliphatic heterocycles. The molecular weight excluding hydrogens is 152 g/mol. The highest BCUT2D eigenvalue weighted by Gasteiger charge is 2.01. The molecule has 0 radical (unpaired) electrons. The van der Waals surface area contributed by atoms with E-state index in [1.54, 1.807) is 6.26 Å². The molecule has 3 heteroatoms. The van der Waals surface area contributed by atoms with E-state index in [1.165, 1.54) is 0 Å². The molecule has 3 aromatic rings. The highest BCUT2D eigenvalue weighted by molar-refractivity contribution is 5.88. The highest BCUT2D eigenvalue weighted by atomic mass is 16.3. The third-order valence-electron chi connectivity index (χ3n) is 1.95. The van der Waals surface area contributed by atoms with Crippen molar-refractivity contribution < 1.29 is 4.42 Å². The number of fused-ring (bicyclic) bond motifs is 2. The number of rotatable bonds is 0. The van der Waals surface area contributed by atoms with Gasteiger partial charge in [-0.2, -0.15) is 4.98 Å². The minimum absolute atomic E-state index is 0.685. The van der Waals surface area contributed by atoms with E-state index in [1.807, 2.05) is 18.3 Å². The van der Waals surface area contributed by atoms with Crippen molar-refractivity contribution in [3.63, 3.8) is 0 Å². The van der Waals surface area contributed by atoms with E-state index in [0.29, 0.717) is 5.71 Å². The van der Waals surface area contributed by atoms with Crippen molar-refractivity contribution in [1.82, 2.24) is 9.97 Å². The van der Waals surface area contributed by atoms with Crippen molar-refractivity contribution in [2.24, 2.45) is 0 Å². The molecule has 0 unspecified atom stereocenters. The Balaban J connectivity index is 2.62. The Bertz CT molecular complexity index is 444. The van der Waals surface area contributed by atoms with Gasteiger partial charge in [0.1, 0.15) is 5.65 Å². The summed E-state index contributed by atoms with van der Waals surface area (Å²) in [6.45, 7) is 0. The minimum Gasteiger partial charge on any atom is -0.446 e. The summed E-state index contributed by atoms with van der Waals surface area (Å²) in [7, 11) is 0. The van der Waals surface area contributed by atoms with Gasteiger partial charge in [0.05, 0.1) is 6.26 Å². The SMILES string of the molecule is c1cc2cc3ccoc3nc2[nH]1. The van der Waals surface area contributed by atoms with Crippen molar-refractivity contribution in [2.45, 2.75) is 0 Å². The van der Waals surface area contributed by atoms with Gasteiger partial charge < -0.3 is 9.40 Å². The van der Waals surface area contributed by atoms with E-state index >= 15 is 0 Å². The number of H-pyrrole nitrogens is 1. The molecule has 0 spiro atoms.